The van der Waals surface area contributed by atoms with Crippen molar-refractivity contribution in [3.8, 4) is 11.5 Å². The van der Waals surface area contributed by atoms with Gasteiger partial charge in [0.15, 0.2) is 11.5 Å². The lowest BCUT2D eigenvalue weighted by molar-refractivity contribution is 0.354. The van der Waals surface area contributed by atoms with E-state index in [1.807, 2.05) is 19.1 Å². The lowest BCUT2D eigenvalue weighted by Crippen LogP contribution is -2.07. The number of methoxy groups -OCH3 is 2. The predicted molar refractivity (Wildman–Crippen MR) is 64.9 cm³/mol. The van der Waals surface area contributed by atoms with Gasteiger partial charge in [-0.05, 0) is 47.2 Å². The molecule has 14 heavy (non-hydrogen) atoms. The van der Waals surface area contributed by atoms with Crippen LogP contribution >= 0.6 is 22.6 Å². The van der Waals surface area contributed by atoms with Crippen LogP contribution in [0.3, 0.4) is 0 Å². The van der Waals surface area contributed by atoms with Crippen LogP contribution in [0.5, 0.6) is 11.5 Å². The first-order valence-corrected chi connectivity index (χ1v) is 5.35. The molecule has 0 aliphatic carbocycles. The molecule has 0 aliphatic rings. The number of hydrogen-bond acceptors (Lipinski definition) is 3. The average molecular weight is 307 g/mol. The summed E-state index contributed by atoms with van der Waals surface area (Å²) in [6.07, 6.45) is 0. The summed E-state index contributed by atoms with van der Waals surface area (Å²) in [5.74, 6) is 1.46. The molecule has 0 radical (unpaired) electrons. The van der Waals surface area contributed by atoms with Crippen LogP contribution in [0.1, 0.15) is 18.5 Å². The van der Waals surface area contributed by atoms with Crippen molar-refractivity contribution in [2.24, 2.45) is 5.73 Å². The monoisotopic (exact) mass is 307 g/mol. The molecule has 1 atom stereocenters. The van der Waals surface area contributed by atoms with Gasteiger partial charge in [0.2, 0.25) is 0 Å². The number of benzene rings is 1. The van der Waals surface area contributed by atoms with E-state index in [1.165, 1.54) is 0 Å². The van der Waals surface area contributed by atoms with Gasteiger partial charge in [0.05, 0.1) is 14.2 Å². The van der Waals surface area contributed by atoms with Crippen molar-refractivity contribution >= 4 is 22.6 Å². The van der Waals surface area contributed by atoms with Gasteiger partial charge in [0.25, 0.3) is 0 Å². The van der Waals surface area contributed by atoms with Crippen molar-refractivity contribution in [3.05, 3.63) is 21.3 Å². The Hall–Kier alpha value is -0.490. The molecule has 0 unspecified atom stereocenters. The van der Waals surface area contributed by atoms with Gasteiger partial charge in [-0.2, -0.15) is 0 Å². The number of halogens is 1. The molecule has 1 aromatic rings. The minimum atomic E-state index is 0.00158. The zero-order valence-electron chi connectivity index (χ0n) is 8.50. The van der Waals surface area contributed by atoms with Crippen molar-refractivity contribution in [1.29, 1.82) is 0 Å². The Labute approximate surface area is 97.7 Å². The predicted octanol–water partition coefficient (Wildman–Crippen LogP) is 2.33. The number of hydrogen-bond donors (Lipinski definition) is 1. The number of nitrogens with two attached hydrogens (primary N) is 1. The summed E-state index contributed by atoms with van der Waals surface area (Å²) in [6.45, 7) is 1.95. The maximum absolute atomic E-state index is 5.83. The second kappa shape index (κ2) is 4.84. The maximum Gasteiger partial charge on any atom is 0.161 e. The molecule has 0 heterocycles. The molecule has 1 rings (SSSR count). The molecule has 4 heteroatoms. The highest BCUT2D eigenvalue weighted by Crippen LogP contribution is 2.33. The lowest BCUT2D eigenvalue weighted by Gasteiger charge is -2.13. The molecule has 78 valence electrons. The van der Waals surface area contributed by atoms with Crippen LogP contribution < -0.4 is 15.2 Å². The molecule has 3 nitrogen and oxygen atoms in total. The topological polar surface area (TPSA) is 44.5 Å². The van der Waals surface area contributed by atoms with Crippen LogP contribution in [0.4, 0.5) is 0 Å². The summed E-state index contributed by atoms with van der Waals surface area (Å²) in [7, 11) is 3.25. The van der Waals surface area contributed by atoms with E-state index < -0.39 is 0 Å². The summed E-state index contributed by atoms with van der Waals surface area (Å²) in [4.78, 5) is 0. The molecule has 0 amide bonds. The first-order valence-electron chi connectivity index (χ1n) is 4.27. The van der Waals surface area contributed by atoms with Crippen LogP contribution in [-0.4, -0.2) is 14.2 Å². The van der Waals surface area contributed by atoms with Crippen molar-refractivity contribution in [2.75, 3.05) is 14.2 Å². The highest BCUT2D eigenvalue weighted by molar-refractivity contribution is 14.1. The normalized spacial score (nSPS) is 12.4. The third kappa shape index (κ3) is 2.30. The van der Waals surface area contributed by atoms with Crippen molar-refractivity contribution < 1.29 is 9.47 Å². The number of ether oxygens (including phenoxy) is 2. The van der Waals surface area contributed by atoms with Crippen LogP contribution in [0.15, 0.2) is 12.1 Å². The molecule has 0 saturated heterocycles. The fourth-order valence-electron chi connectivity index (χ4n) is 1.22. The van der Waals surface area contributed by atoms with E-state index in [0.29, 0.717) is 0 Å². The van der Waals surface area contributed by atoms with E-state index in [-0.39, 0.29) is 6.04 Å². The average Bonchev–Trinajstić information content (AvgIpc) is 2.16. The van der Waals surface area contributed by atoms with Gasteiger partial charge in [-0.15, -0.1) is 0 Å². The minimum absolute atomic E-state index is 0.00158. The molecule has 0 spiro atoms. The SMILES string of the molecule is COc1cc(I)c([C@H](C)N)cc1OC. The second-order valence-electron chi connectivity index (χ2n) is 3.02. The Morgan fingerprint density at radius 2 is 1.71 bits per heavy atom. The Morgan fingerprint density at radius 3 is 2.14 bits per heavy atom. The smallest absolute Gasteiger partial charge is 0.161 e. The number of rotatable bonds is 3. The van der Waals surface area contributed by atoms with Crippen LogP contribution in [-0.2, 0) is 0 Å². The molecule has 0 bridgehead atoms. The molecule has 1 aromatic carbocycles. The molecular formula is C10H14INO2. The molecule has 2 N–H and O–H groups in total. The Balaban J connectivity index is 3.23. The van der Waals surface area contributed by atoms with Gasteiger partial charge in [-0.25, -0.2) is 0 Å². The molecule has 0 saturated carbocycles. The van der Waals surface area contributed by atoms with Crippen molar-refractivity contribution in [2.45, 2.75) is 13.0 Å². The third-order valence-corrected chi connectivity index (χ3v) is 2.93. The molecule has 0 fully saturated rings. The van der Waals surface area contributed by atoms with E-state index in [1.54, 1.807) is 14.2 Å². The highest BCUT2D eigenvalue weighted by atomic mass is 127. The van der Waals surface area contributed by atoms with Gasteiger partial charge in [-0.3, -0.25) is 0 Å². The highest BCUT2D eigenvalue weighted by Gasteiger charge is 2.11. The Bertz CT molecular complexity index is 326. The van der Waals surface area contributed by atoms with E-state index in [4.69, 9.17) is 15.2 Å². The molecule has 0 aromatic heterocycles. The lowest BCUT2D eigenvalue weighted by atomic mass is 10.1. The third-order valence-electron chi connectivity index (χ3n) is 1.99. The Kier molecular flexibility index (Phi) is 4.00. The minimum Gasteiger partial charge on any atom is -0.493 e. The zero-order valence-corrected chi connectivity index (χ0v) is 10.7. The van der Waals surface area contributed by atoms with E-state index in [0.717, 1.165) is 20.6 Å². The largest absolute Gasteiger partial charge is 0.493 e. The van der Waals surface area contributed by atoms with E-state index >= 15 is 0 Å². The molecule has 0 aliphatic heterocycles. The van der Waals surface area contributed by atoms with Gasteiger partial charge in [0, 0.05) is 9.61 Å². The first-order chi connectivity index (χ1) is 6.60. The van der Waals surface area contributed by atoms with Crippen LogP contribution in [0.2, 0.25) is 0 Å². The van der Waals surface area contributed by atoms with Crippen LogP contribution in [0, 0.1) is 3.57 Å². The van der Waals surface area contributed by atoms with Crippen molar-refractivity contribution in [1.82, 2.24) is 0 Å². The zero-order chi connectivity index (χ0) is 10.7. The summed E-state index contributed by atoms with van der Waals surface area (Å²) in [5, 5.41) is 0. The molecular weight excluding hydrogens is 293 g/mol. The summed E-state index contributed by atoms with van der Waals surface area (Å²) in [6, 6.07) is 3.85. The summed E-state index contributed by atoms with van der Waals surface area (Å²) < 4.78 is 11.5. The van der Waals surface area contributed by atoms with Gasteiger partial charge < -0.3 is 15.2 Å². The van der Waals surface area contributed by atoms with E-state index in [9.17, 15) is 0 Å². The van der Waals surface area contributed by atoms with Gasteiger partial charge >= 0.3 is 0 Å². The second-order valence-corrected chi connectivity index (χ2v) is 4.18. The van der Waals surface area contributed by atoms with Crippen LogP contribution in [0.25, 0.3) is 0 Å². The van der Waals surface area contributed by atoms with Gasteiger partial charge in [-0.1, -0.05) is 0 Å². The maximum atomic E-state index is 5.83. The van der Waals surface area contributed by atoms with E-state index in [2.05, 4.69) is 22.6 Å². The quantitative estimate of drug-likeness (QED) is 0.872. The van der Waals surface area contributed by atoms with Crippen molar-refractivity contribution in [3.63, 3.8) is 0 Å². The standard InChI is InChI=1S/C10H14INO2/c1-6(12)7-4-9(13-2)10(14-3)5-8(7)11/h4-6H,12H2,1-3H3/t6-/m0/s1. The summed E-state index contributed by atoms with van der Waals surface area (Å²) in [5.41, 5.74) is 6.90. The fourth-order valence-corrected chi connectivity index (χ4v) is 2.15. The Morgan fingerprint density at radius 1 is 1.21 bits per heavy atom. The van der Waals surface area contributed by atoms with Gasteiger partial charge in [0.1, 0.15) is 0 Å². The summed E-state index contributed by atoms with van der Waals surface area (Å²) >= 11 is 2.24. The fraction of sp³-hybridized carbons (Fsp3) is 0.400. The first kappa shape index (κ1) is 11.6.